The molecule has 0 radical (unpaired) electrons. The Kier molecular flexibility index (Phi) is 4.97. The Morgan fingerprint density at radius 1 is 1.39 bits per heavy atom. The molecule has 100 valence electrons. The summed E-state index contributed by atoms with van der Waals surface area (Å²) in [6.45, 7) is 3.37. The molecule has 0 heterocycles. The van der Waals surface area contributed by atoms with Gasteiger partial charge >= 0.3 is 5.97 Å². The van der Waals surface area contributed by atoms with Gasteiger partial charge in [-0.05, 0) is 31.0 Å². The van der Waals surface area contributed by atoms with E-state index in [-0.39, 0.29) is 0 Å². The Bertz CT molecular complexity index is 414. The molecule has 18 heavy (non-hydrogen) atoms. The second-order valence-electron chi connectivity index (χ2n) is 3.94. The van der Waals surface area contributed by atoms with E-state index in [1.807, 2.05) is 0 Å². The number of rotatable bonds is 6. The highest BCUT2D eigenvalue weighted by Crippen LogP contribution is 2.31. The van der Waals surface area contributed by atoms with E-state index in [0.29, 0.717) is 23.5 Å². The molecule has 0 fully saturated rings. The largest absolute Gasteiger partial charge is 0.493 e. The van der Waals surface area contributed by atoms with E-state index >= 15 is 0 Å². The molecule has 0 bridgehead atoms. The van der Waals surface area contributed by atoms with Gasteiger partial charge in [0.05, 0.1) is 13.2 Å². The predicted molar refractivity (Wildman–Crippen MR) is 66.0 cm³/mol. The first-order chi connectivity index (χ1) is 8.49. The molecule has 0 aliphatic carbocycles. The van der Waals surface area contributed by atoms with Gasteiger partial charge in [-0.25, -0.2) is 4.79 Å². The molecule has 1 aromatic carbocycles. The maximum absolute atomic E-state index is 10.9. The second-order valence-corrected chi connectivity index (χ2v) is 3.94. The summed E-state index contributed by atoms with van der Waals surface area (Å²) in [5, 5.41) is 18.4. The minimum atomic E-state index is -1.01. The number of ether oxygens (including phenoxy) is 2. The number of carbonyl (C=O) groups is 1. The third-order valence-corrected chi connectivity index (χ3v) is 2.59. The standard InChI is InChI=1S/C13H18O5/c1-4-10(13(15)16)18-11-6-5-9(8(2)14)7-12(11)17-3/h5-8,10,14H,4H2,1-3H3,(H,15,16)/t8-,10?/m1/s1. The summed E-state index contributed by atoms with van der Waals surface area (Å²) < 4.78 is 10.5. The molecule has 0 aromatic heterocycles. The van der Waals surface area contributed by atoms with Crippen LogP contribution in [-0.4, -0.2) is 29.4 Å². The van der Waals surface area contributed by atoms with Crippen LogP contribution in [0.15, 0.2) is 18.2 Å². The molecule has 0 amide bonds. The summed E-state index contributed by atoms with van der Waals surface area (Å²) in [7, 11) is 1.47. The van der Waals surface area contributed by atoms with Crippen LogP contribution in [0.25, 0.3) is 0 Å². The fourth-order valence-electron chi connectivity index (χ4n) is 1.50. The zero-order chi connectivity index (χ0) is 13.7. The molecule has 0 aliphatic rings. The van der Waals surface area contributed by atoms with E-state index in [4.69, 9.17) is 14.6 Å². The lowest BCUT2D eigenvalue weighted by molar-refractivity contribution is -0.145. The zero-order valence-corrected chi connectivity index (χ0v) is 10.7. The molecule has 1 unspecified atom stereocenters. The van der Waals surface area contributed by atoms with Gasteiger partial charge < -0.3 is 19.7 Å². The van der Waals surface area contributed by atoms with Crippen molar-refractivity contribution in [3.8, 4) is 11.5 Å². The number of carboxylic acids is 1. The Morgan fingerprint density at radius 3 is 2.50 bits per heavy atom. The van der Waals surface area contributed by atoms with Crippen LogP contribution in [0.1, 0.15) is 31.9 Å². The van der Waals surface area contributed by atoms with Crippen molar-refractivity contribution in [3.63, 3.8) is 0 Å². The Labute approximate surface area is 106 Å². The minimum Gasteiger partial charge on any atom is -0.493 e. The topological polar surface area (TPSA) is 76.0 Å². The molecular weight excluding hydrogens is 236 g/mol. The van der Waals surface area contributed by atoms with Crippen LogP contribution in [0.4, 0.5) is 0 Å². The number of aliphatic hydroxyl groups excluding tert-OH is 1. The number of benzene rings is 1. The lowest BCUT2D eigenvalue weighted by Crippen LogP contribution is -2.26. The highest BCUT2D eigenvalue weighted by Gasteiger charge is 2.19. The predicted octanol–water partition coefficient (Wildman–Crippen LogP) is 1.99. The van der Waals surface area contributed by atoms with Gasteiger partial charge in [-0.3, -0.25) is 0 Å². The van der Waals surface area contributed by atoms with Gasteiger partial charge in [0.2, 0.25) is 0 Å². The molecule has 5 nitrogen and oxygen atoms in total. The molecule has 5 heteroatoms. The van der Waals surface area contributed by atoms with Gasteiger partial charge in [0.15, 0.2) is 17.6 Å². The van der Waals surface area contributed by atoms with Crippen molar-refractivity contribution in [1.82, 2.24) is 0 Å². The number of carboxylic acid groups (broad SMARTS) is 1. The van der Waals surface area contributed by atoms with Gasteiger partial charge in [-0.15, -0.1) is 0 Å². The van der Waals surface area contributed by atoms with Gasteiger partial charge in [-0.2, -0.15) is 0 Å². The third kappa shape index (κ3) is 3.37. The van der Waals surface area contributed by atoms with Crippen molar-refractivity contribution >= 4 is 5.97 Å². The molecule has 2 N–H and O–H groups in total. The summed E-state index contributed by atoms with van der Waals surface area (Å²) in [6, 6.07) is 4.91. The van der Waals surface area contributed by atoms with Gasteiger partial charge in [0.25, 0.3) is 0 Å². The van der Waals surface area contributed by atoms with E-state index in [1.165, 1.54) is 7.11 Å². The number of hydrogen-bond acceptors (Lipinski definition) is 4. The Hall–Kier alpha value is -1.75. The first-order valence-corrected chi connectivity index (χ1v) is 5.75. The molecule has 0 aliphatic heterocycles. The first-order valence-electron chi connectivity index (χ1n) is 5.75. The Morgan fingerprint density at radius 2 is 2.06 bits per heavy atom. The monoisotopic (exact) mass is 254 g/mol. The molecular formula is C13H18O5. The van der Waals surface area contributed by atoms with E-state index in [0.717, 1.165) is 0 Å². The number of aliphatic hydroxyl groups is 1. The number of methoxy groups -OCH3 is 1. The average molecular weight is 254 g/mol. The van der Waals surface area contributed by atoms with Crippen molar-refractivity contribution in [2.45, 2.75) is 32.5 Å². The van der Waals surface area contributed by atoms with Crippen molar-refractivity contribution in [2.24, 2.45) is 0 Å². The van der Waals surface area contributed by atoms with Crippen molar-refractivity contribution in [2.75, 3.05) is 7.11 Å². The van der Waals surface area contributed by atoms with Crippen molar-refractivity contribution < 1.29 is 24.5 Å². The van der Waals surface area contributed by atoms with Gasteiger partial charge in [0, 0.05) is 0 Å². The highest BCUT2D eigenvalue weighted by molar-refractivity contribution is 5.72. The normalized spacial score (nSPS) is 13.8. The summed E-state index contributed by atoms with van der Waals surface area (Å²) in [6.07, 6.45) is -1.16. The molecule has 2 atom stereocenters. The third-order valence-electron chi connectivity index (χ3n) is 2.59. The summed E-state index contributed by atoms with van der Waals surface area (Å²) in [5.41, 5.74) is 0.683. The maximum Gasteiger partial charge on any atom is 0.344 e. The van der Waals surface area contributed by atoms with Gasteiger partial charge in [-0.1, -0.05) is 13.0 Å². The Balaban J connectivity index is 2.98. The zero-order valence-electron chi connectivity index (χ0n) is 10.7. The molecule has 1 aromatic rings. The molecule has 1 rings (SSSR count). The summed E-state index contributed by atoms with van der Waals surface area (Å²) in [5.74, 6) is -0.247. The average Bonchev–Trinajstić information content (AvgIpc) is 2.35. The fraction of sp³-hybridized carbons (Fsp3) is 0.462. The quantitative estimate of drug-likeness (QED) is 0.812. The minimum absolute atomic E-state index is 0.358. The van der Waals surface area contributed by atoms with E-state index in [9.17, 15) is 9.90 Å². The van der Waals surface area contributed by atoms with E-state index < -0.39 is 18.2 Å². The fourth-order valence-corrected chi connectivity index (χ4v) is 1.50. The van der Waals surface area contributed by atoms with Crippen LogP contribution < -0.4 is 9.47 Å². The SMILES string of the molecule is CCC(Oc1ccc([C@@H](C)O)cc1OC)C(=O)O. The summed E-state index contributed by atoms with van der Waals surface area (Å²) in [4.78, 5) is 10.9. The molecule has 0 spiro atoms. The first kappa shape index (κ1) is 14.3. The number of aliphatic carboxylic acids is 1. The van der Waals surface area contributed by atoms with Crippen molar-refractivity contribution in [1.29, 1.82) is 0 Å². The highest BCUT2D eigenvalue weighted by atomic mass is 16.5. The second kappa shape index (κ2) is 6.26. The van der Waals surface area contributed by atoms with Crippen LogP contribution >= 0.6 is 0 Å². The van der Waals surface area contributed by atoms with Crippen LogP contribution in [0.5, 0.6) is 11.5 Å². The van der Waals surface area contributed by atoms with Crippen molar-refractivity contribution in [3.05, 3.63) is 23.8 Å². The maximum atomic E-state index is 10.9. The van der Waals surface area contributed by atoms with Gasteiger partial charge in [0.1, 0.15) is 0 Å². The number of hydrogen-bond donors (Lipinski definition) is 2. The molecule has 0 saturated heterocycles. The smallest absolute Gasteiger partial charge is 0.344 e. The van der Waals surface area contributed by atoms with Crippen LogP contribution in [0, 0.1) is 0 Å². The lowest BCUT2D eigenvalue weighted by atomic mass is 10.1. The van der Waals surface area contributed by atoms with Crippen LogP contribution in [0.3, 0.4) is 0 Å². The van der Waals surface area contributed by atoms with Crippen LogP contribution in [0.2, 0.25) is 0 Å². The molecule has 0 saturated carbocycles. The van der Waals surface area contributed by atoms with E-state index in [2.05, 4.69) is 0 Å². The summed E-state index contributed by atoms with van der Waals surface area (Å²) >= 11 is 0. The lowest BCUT2D eigenvalue weighted by Gasteiger charge is -2.17. The van der Waals surface area contributed by atoms with Crippen LogP contribution in [-0.2, 0) is 4.79 Å². The van der Waals surface area contributed by atoms with E-state index in [1.54, 1.807) is 32.0 Å².